The monoisotopic (exact) mass is 215 g/mol. The van der Waals surface area contributed by atoms with Gasteiger partial charge in [0.2, 0.25) is 0 Å². The van der Waals surface area contributed by atoms with Crippen LogP contribution in [0.25, 0.3) is 0 Å². The molecular weight excluding hydrogens is 198 g/mol. The van der Waals surface area contributed by atoms with E-state index in [9.17, 15) is 0 Å². The number of rotatable bonds is 3. The van der Waals surface area contributed by atoms with Gasteiger partial charge in [0.1, 0.15) is 0 Å². The number of benzene rings is 1. The zero-order valence-corrected chi connectivity index (χ0v) is 9.32. The van der Waals surface area contributed by atoms with Crippen LogP contribution in [-0.4, -0.2) is 11.7 Å². The number of hydrogen-bond donors (Lipinski definition) is 2. The maximum Gasteiger partial charge on any atom is 0.0449 e. The molecule has 1 saturated carbocycles. The summed E-state index contributed by atoms with van der Waals surface area (Å²) in [6.45, 7) is 0.124. The van der Waals surface area contributed by atoms with Crippen molar-refractivity contribution in [2.24, 2.45) is 11.7 Å². The highest BCUT2D eigenvalue weighted by Gasteiger charge is 2.17. The largest absolute Gasteiger partial charge is 0.396 e. The highest BCUT2D eigenvalue weighted by Crippen LogP contribution is 2.27. The molecule has 0 heterocycles. The van der Waals surface area contributed by atoms with Crippen LogP contribution in [0.15, 0.2) is 24.3 Å². The standard InChI is InChI=1S/C14H17NO/c15-14(8-9-16)13-3-1-2-12(10-13)7-6-11-4-5-11/h1-3,10-11,14,16H,4-5,8-9,15H2. The van der Waals surface area contributed by atoms with Crippen LogP contribution in [0.5, 0.6) is 0 Å². The lowest BCUT2D eigenvalue weighted by Gasteiger charge is -2.10. The molecule has 0 aliphatic heterocycles. The van der Waals surface area contributed by atoms with Crippen molar-refractivity contribution in [3.8, 4) is 11.8 Å². The smallest absolute Gasteiger partial charge is 0.0449 e. The van der Waals surface area contributed by atoms with Gasteiger partial charge in [-0.1, -0.05) is 24.0 Å². The summed E-state index contributed by atoms with van der Waals surface area (Å²) in [5.41, 5.74) is 8.01. The van der Waals surface area contributed by atoms with Crippen LogP contribution < -0.4 is 5.73 Å². The van der Waals surface area contributed by atoms with E-state index in [0.717, 1.165) is 11.1 Å². The highest BCUT2D eigenvalue weighted by molar-refractivity contribution is 5.38. The number of aliphatic hydroxyl groups is 1. The van der Waals surface area contributed by atoms with E-state index < -0.39 is 0 Å². The summed E-state index contributed by atoms with van der Waals surface area (Å²) in [6.07, 6.45) is 3.09. The number of nitrogens with two attached hydrogens (primary N) is 1. The highest BCUT2D eigenvalue weighted by atomic mass is 16.3. The topological polar surface area (TPSA) is 46.2 Å². The molecule has 0 saturated heterocycles. The molecule has 1 unspecified atom stereocenters. The fraction of sp³-hybridized carbons (Fsp3) is 0.429. The summed E-state index contributed by atoms with van der Waals surface area (Å²) in [7, 11) is 0. The van der Waals surface area contributed by atoms with E-state index in [2.05, 4.69) is 11.8 Å². The second-order valence-electron chi connectivity index (χ2n) is 4.29. The van der Waals surface area contributed by atoms with Gasteiger partial charge in [-0.15, -0.1) is 0 Å². The van der Waals surface area contributed by atoms with Crippen molar-refractivity contribution in [3.63, 3.8) is 0 Å². The molecule has 0 spiro atoms. The van der Waals surface area contributed by atoms with Gasteiger partial charge in [0.25, 0.3) is 0 Å². The minimum Gasteiger partial charge on any atom is -0.396 e. The predicted molar refractivity (Wildman–Crippen MR) is 64.7 cm³/mol. The van der Waals surface area contributed by atoms with Crippen molar-refractivity contribution in [2.75, 3.05) is 6.61 Å². The zero-order valence-electron chi connectivity index (χ0n) is 9.32. The molecule has 3 N–H and O–H groups in total. The number of aliphatic hydroxyl groups excluding tert-OH is 1. The van der Waals surface area contributed by atoms with Crippen molar-refractivity contribution in [3.05, 3.63) is 35.4 Å². The molecule has 1 aromatic rings. The molecule has 84 valence electrons. The summed E-state index contributed by atoms with van der Waals surface area (Å²) in [5, 5.41) is 8.84. The molecule has 2 heteroatoms. The van der Waals surface area contributed by atoms with Gasteiger partial charge in [-0.25, -0.2) is 0 Å². The van der Waals surface area contributed by atoms with Crippen LogP contribution in [0.4, 0.5) is 0 Å². The predicted octanol–water partition coefficient (Wildman–Crippen LogP) is 1.83. The minimum atomic E-state index is -0.0901. The van der Waals surface area contributed by atoms with Crippen molar-refractivity contribution in [1.82, 2.24) is 0 Å². The third-order valence-electron chi connectivity index (χ3n) is 2.75. The van der Waals surface area contributed by atoms with E-state index in [1.807, 2.05) is 24.3 Å². The zero-order chi connectivity index (χ0) is 11.4. The van der Waals surface area contributed by atoms with Crippen molar-refractivity contribution >= 4 is 0 Å². The molecule has 1 aliphatic carbocycles. The molecule has 0 aromatic heterocycles. The molecule has 1 fully saturated rings. The van der Waals surface area contributed by atoms with Crippen molar-refractivity contribution in [2.45, 2.75) is 25.3 Å². The molecule has 0 amide bonds. The third kappa shape index (κ3) is 3.10. The Morgan fingerprint density at radius 2 is 2.25 bits per heavy atom. The van der Waals surface area contributed by atoms with Gasteiger partial charge in [-0.05, 0) is 37.0 Å². The van der Waals surface area contributed by atoms with E-state index in [1.165, 1.54) is 12.8 Å². The van der Waals surface area contributed by atoms with Crippen LogP contribution >= 0.6 is 0 Å². The summed E-state index contributed by atoms with van der Waals surface area (Å²) in [5.74, 6) is 7.03. The molecule has 2 rings (SSSR count). The lowest BCUT2D eigenvalue weighted by atomic mass is 10.0. The quantitative estimate of drug-likeness (QED) is 0.756. The first-order valence-electron chi connectivity index (χ1n) is 5.77. The van der Waals surface area contributed by atoms with Gasteiger partial charge in [0, 0.05) is 24.1 Å². The maximum atomic E-state index is 8.84. The average molecular weight is 215 g/mol. The van der Waals surface area contributed by atoms with Crippen molar-refractivity contribution in [1.29, 1.82) is 0 Å². The third-order valence-corrected chi connectivity index (χ3v) is 2.75. The first kappa shape index (κ1) is 11.2. The SMILES string of the molecule is NC(CCO)c1cccc(C#CC2CC2)c1. The number of hydrogen-bond acceptors (Lipinski definition) is 2. The van der Waals surface area contributed by atoms with Crippen LogP contribution in [-0.2, 0) is 0 Å². The summed E-state index contributed by atoms with van der Waals surface area (Å²) < 4.78 is 0. The van der Waals surface area contributed by atoms with Crippen molar-refractivity contribution < 1.29 is 5.11 Å². The van der Waals surface area contributed by atoms with Crippen LogP contribution in [0.2, 0.25) is 0 Å². The molecule has 0 bridgehead atoms. The second kappa shape index (κ2) is 5.16. The van der Waals surface area contributed by atoms with Crippen LogP contribution in [0, 0.1) is 17.8 Å². The van der Waals surface area contributed by atoms with Crippen LogP contribution in [0.1, 0.15) is 36.4 Å². The summed E-state index contributed by atoms with van der Waals surface area (Å²) in [6, 6.07) is 7.90. The lowest BCUT2D eigenvalue weighted by Crippen LogP contribution is -2.11. The average Bonchev–Trinajstić information content (AvgIpc) is 3.11. The van der Waals surface area contributed by atoms with Gasteiger partial charge >= 0.3 is 0 Å². The Labute approximate surface area is 96.5 Å². The molecular formula is C14H17NO. The van der Waals surface area contributed by atoms with E-state index in [-0.39, 0.29) is 12.6 Å². The fourth-order valence-corrected chi connectivity index (χ4v) is 1.57. The molecule has 1 atom stereocenters. The molecule has 16 heavy (non-hydrogen) atoms. The van der Waals surface area contributed by atoms with E-state index >= 15 is 0 Å². The Kier molecular flexibility index (Phi) is 3.61. The maximum absolute atomic E-state index is 8.84. The first-order valence-corrected chi connectivity index (χ1v) is 5.77. The second-order valence-corrected chi connectivity index (χ2v) is 4.29. The van der Waals surface area contributed by atoms with E-state index in [1.54, 1.807) is 0 Å². The Hall–Kier alpha value is -1.30. The normalized spacial score (nSPS) is 16.4. The Morgan fingerprint density at radius 3 is 2.94 bits per heavy atom. The Balaban J connectivity index is 2.09. The Morgan fingerprint density at radius 1 is 1.44 bits per heavy atom. The molecule has 1 aliphatic rings. The van der Waals surface area contributed by atoms with Gasteiger partial charge in [-0.3, -0.25) is 0 Å². The lowest BCUT2D eigenvalue weighted by molar-refractivity contribution is 0.276. The van der Waals surface area contributed by atoms with E-state index in [0.29, 0.717) is 12.3 Å². The molecule has 0 radical (unpaired) electrons. The summed E-state index contributed by atoms with van der Waals surface area (Å²) >= 11 is 0. The van der Waals surface area contributed by atoms with E-state index in [4.69, 9.17) is 10.8 Å². The van der Waals surface area contributed by atoms with Gasteiger partial charge in [0.15, 0.2) is 0 Å². The minimum absolute atomic E-state index is 0.0901. The fourth-order valence-electron chi connectivity index (χ4n) is 1.57. The summed E-state index contributed by atoms with van der Waals surface area (Å²) in [4.78, 5) is 0. The molecule has 2 nitrogen and oxygen atoms in total. The van der Waals surface area contributed by atoms with Crippen LogP contribution in [0.3, 0.4) is 0 Å². The molecule has 1 aromatic carbocycles. The van der Waals surface area contributed by atoms with Gasteiger partial charge in [-0.2, -0.15) is 0 Å². The van der Waals surface area contributed by atoms with Gasteiger partial charge < -0.3 is 10.8 Å². The van der Waals surface area contributed by atoms with Gasteiger partial charge in [0.05, 0.1) is 0 Å². The Bertz CT molecular complexity index is 412. The first-order chi connectivity index (χ1) is 7.79.